The zero-order valence-corrected chi connectivity index (χ0v) is 12.9. The van der Waals surface area contributed by atoms with Crippen molar-refractivity contribution in [2.75, 3.05) is 18.4 Å². The number of nitrogens with one attached hydrogen (secondary N) is 1. The van der Waals surface area contributed by atoms with Gasteiger partial charge in [0.05, 0.1) is 24.5 Å². The van der Waals surface area contributed by atoms with E-state index in [0.29, 0.717) is 17.5 Å². The summed E-state index contributed by atoms with van der Waals surface area (Å²) in [7, 11) is 0. The average Bonchev–Trinajstić information content (AvgIpc) is 3.04. The van der Waals surface area contributed by atoms with E-state index in [9.17, 15) is 4.79 Å². The first-order valence-electron chi connectivity index (χ1n) is 7.55. The van der Waals surface area contributed by atoms with E-state index in [0.717, 1.165) is 25.1 Å². The molecule has 1 fully saturated rings. The minimum atomic E-state index is -0.0489. The fourth-order valence-electron chi connectivity index (χ4n) is 2.81. The van der Waals surface area contributed by atoms with Crippen molar-refractivity contribution in [2.24, 2.45) is 5.73 Å². The van der Waals surface area contributed by atoms with Crippen molar-refractivity contribution in [1.29, 1.82) is 0 Å². The van der Waals surface area contributed by atoms with Gasteiger partial charge < -0.3 is 16.0 Å². The molecule has 0 saturated carbocycles. The number of nitrogens with two attached hydrogens (primary N) is 1. The highest BCUT2D eigenvalue weighted by molar-refractivity contribution is 5.78. The Morgan fingerprint density at radius 3 is 3.00 bits per heavy atom. The van der Waals surface area contributed by atoms with Gasteiger partial charge in [-0.1, -0.05) is 0 Å². The fraction of sp³-hybridized carbons (Fsp3) is 0.400. The van der Waals surface area contributed by atoms with Crippen LogP contribution >= 0.6 is 0 Å². The maximum absolute atomic E-state index is 12.0. The topological polar surface area (TPSA) is 110 Å². The van der Waals surface area contributed by atoms with Gasteiger partial charge in [0.2, 0.25) is 5.91 Å². The number of nitrogens with zero attached hydrogens (tertiary/aromatic N) is 5. The van der Waals surface area contributed by atoms with Crippen LogP contribution in [-0.4, -0.2) is 43.8 Å². The lowest BCUT2D eigenvalue weighted by Crippen LogP contribution is -2.35. The number of hydrogen-bond donors (Lipinski definition) is 2. The molecule has 1 saturated heterocycles. The van der Waals surface area contributed by atoms with E-state index < -0.39 is 0 Å². The monoisotopic (exact) mass is 313 g/mol. The third kappa shape index (κ3) is 3.42. The van der Waals surface area contributed by atoms with Crippen molar-refractivity contribution in [3.8, 4) is 0 Å². The minimum absolute atomic E-state index is 0.0191. The number of hydrogen-bond acceptors (Lipinski definition) is 7. The molecule has 0 unspecified atom stereocenters. The Kier molecular flexibility index (Phi) is 4.42. The molecule has 0 bridgehead atoms. The molecule has 1 aliphatic heterocycles. The zero-order valence-electron chi connectivity index (χ0n) is 12.9. The van der Waals surface area contributed by atoms with Crippen LogP contribution in [0.25, 0.3) is 0 Å². The summed E-state index contributed by atoms with van der Waals surface area (Å²) in [6, 6.07) is 1.81. The molecule has 23 heavy (non-hydrogen) atoms. The number of rotatable bonds is 4. The number of carbonyl (C=O) groups is 1. The largest absolute Gasteiger partial charge is 0.333 e. The lowest BCUT2D eigenvalue weighted by atomic mass is 10.1. The van der Waals surface area contributed by atoms with Gasteiger partial charge >= 0.3 is 0 Å². The van der Waals surface area contributed by atoms with Crippen molar-refractivity contribution in [2.45, 2.75) is 25.8 Å². The Labute approximate surface area is 134 Å². The molecule has 1 amide bonds. The number of aryl methyl sites for hydroxylation is 1. The molecule has 120 valence electrons. The van der Waals surface area contributed by atoms with Crippen molar-refractivity contribution in [3.05, 3.63) is 36.2 Å². The van der Waals surface area contributed by atoms with Gasteiger partial charge in [-0.3, -0.25) is 9.78 Å². The van der Waals surface area contributed by atoms with Crippen LogP contribution in [-0.2, 0) is 4.79 Å². The number of aromatic nitrogens is 4. The lowest BCUT2D eigenvalue weighted by Gasteiger charge is -2.24. The van der Waals surface area contributed by atoms with Crippen LogP contribution in [0.1, 0.15) is 30.4 Å². The van der Waals surface area contributed by atoms with Gasteiger partial charge in [0.1, 0.15) is 17.5 Å². The fourth-order valence-corrected chi connectivity index (χ4v) is 2.81. The van der Waals surface area contributed by atoms with Crippen LogP contribution in [0, 0.1) is 6.92 Å². The highest BCUT2D eigenvalue weighted by Crippen LogP contribution is 2.31. The Morgan fingerprint density at radius 2 is 2.26 bits per heavy atom. The Hall–Kier alpha value is -2.61. The summed E-state index contributed by atoms with van der Waals surface area (Å²) < 4.78 is 0. The number of likely N-dealkylation sites (tertiary alicyclic amines) is 1. The summed E-state index contributed by atoms with van der Waals surface area (Å²) in [5, 5.41) is 3.11. The van der Waals surface area contributed by atoms with Crippen LogP contribution < -0.4 is 11.1 Å². The molecule has 0 spiro atoms. The first-order chi connectivity index (χ1) is 11.2. The number of amides is 1. The SMILES string of the molecule is Cc1nc(Nc2cnccn2)cc([C@H]2CCCN2C(=O)CN)n1. The maximum atomic E-state index is 12.0. The predicted molar refractivity (Wildman–Crippen MR) is 84.8 cm³/mol. The van der Waals surface area contributed by atoms with E-state index in [-0.39, 0.29) is 18.5 Å². The van der Waals surface area contributed by atoms with Gasteiger partial charge in [0.15, 0.2) is 0 Å². The summed E-state index contributed by atoms with van der Waals surface area (Å²) in [6.07, 6.45) is 6.67. The highest BCUT2D eigenvalue weighted by Gasteiger charge is 2.30. The molecule has 8 heteroatoms. The van der Waals surface area contributed by atoms with Crippen molar-refractivity contribution in [1.82, 2.24) is 24.8 Å². The molecule has 0 aliphatic carbocycles. The van der Waals surface area contributed by atoms with Gasteiger partial charge in [0, 0.05) is 25.0 Å². The predicted octanol–water partition coefficient (Wildman–Crippen LogP) is 0.941. The standard InChI is InChI=1S/C15H19N7O/c1-10-19-11(12-3-2-6-22(12)15(23)8-16)7-13(20-10)21-14-9-17-4-5-18-14/h4-5,7,9,12H,2-3,6,8,16H2,1H3,(H,18,19,20,21)/t12-/m1/s1. The highest BCUT2D eigenvalue weighted by atomic mass is 16.2. The van der Waals surface area contributed by atoms with Crippen molar-refractivity contribution in [3.63, 3.8) is 0 Å². The molecule has 0 aromatic carbocycles. The van der Waals surface area contributed by atoms with E-state index >= 15 is 0 Å². The molecule has 8 nitrogen and oxygen atoms in total. The summed E-state index contributed by atoms with van der Waals surface area (Å²) in [5.41, 5.74) is 6.33. The lowest BCUT2D eigenvalue weighted by molar-refractivity contribution is -0.130. The van der Waals surface area contributed by atoms with Gasteiger partial charge in [-0.25, -0.2) is 15.0 Å². The quantitative estimate of drug-likeness (QED) is 0.864. The van der Waals surface area contributed by atoms with E-state index in [1.807, 2.05) is 13.0 Å². The summed E-state index contributed by atoms with van der Waals surface area (Å²) in [5.74, 6) is 1.84. The minimum Gasteiger partial charge on any atom is -0.333 e. The second kappa shape index (κ2) is 6.66. The first-order valence-corrected chi connectivity index (χ1v) is 7.55. The molecule has 3 rings (SSSR count). The Balaban J connectivity index is 1.87. The van der Waals surface area contributed by atoms with Crippen molar-refractivity contribution < 1.29 is 4.79 Å². The maximum Gasteiger partial charge on any atom is 0.236 e. The third-order valence-electron chi connectivity index (χ3n) is 3.77. The molecule has 1 aliphatic rings. The first kappa shape index (κ1) is 15.3. The van der Waals surface area contributed by atoms with Crippen molar-refractivity contribution >= 4 is 17.5 Å². The van der Waals surface area contributed by atoms with E-state index in [2.05, 4.69) is 25.3 Å². The van der Waals surface area contributed by atoms with E-state index in [1.165, 1.54) is 0 Å². The van der Waals surface area contributed by atoms with Gasteiger partial charge in [-0.2, -0.15) is 0 Å². The third-order valence-corrected chi connectivity index (χ3v) is 3.77. The molecule has 1 atom stereocenters. The van der Waals surface area contributed by atoms with Crippen LogP contribution in [0.5, 0.6) is 0 Å². The average molecular weight is 313 g/mol. The smallest absolute Gasteiger partial charge is 0.236 e. The number of anilines is 2. The number of carbonyl (C=O) groups excluding carboxylic acids is 1. The Bertz CT molecular complexity index is 691. The van der Waals surface area contributed by atoms with Gasteiger partial charge in [0.25, 0.3) is 0 Å². The Morgan fingerprint density at radius 1 is 1.39 bits per heavy atom. The van der Waals surface area contributed by atoms with E-state index in [1.54, 1.807) is 23.5 Å². The molecular weight excluding hydrogens is 294 g/mol. The summed E-state index contributed by atoms with van der Waals surface area (Å²) in [6.45, 7) is 2.57. The van der Waals surface area contributed by atoms with Crippen LogP contribution in [0.4, 0.5) is 11.6 Å². The van der Waals surface area contributed by atoms with Crippen LogP contribution in [0.2, 0.25) is 0 Å². The summed E-state index contributed by atoms with van der Waals surface area (Å²) >= 11 is 0. The second-order valence-corrected chi connectivity index (χ2v) is 5.39. The van der Waals surface area contributed by atoms with E-state index in [4.69, 9.17) is 5.73 Å². The van der Waals surface area contributed by atoms with Gasteiger partial charge in [-0.15, -0.1) is 0 Å². The molecule has 2 aromatic rings. The molecule has 0 radical (unpaired) electrons. The molecule has 3 N–H and O–H groups in total. The van der Waals surface area contributed by atoms with Gasteiger partial charge in [-0.05, 0) is 19.8 Å². The normalized spacial score (nSPS) is 17.3. The zero-order chi connectivity index (χ0) is 16.2. The van der Waals surface area contributed by atoms with Crippen LogP contribution in [0.3, 0.4) is 0 Å². The molecule has 2 aromatic heterocycles. The second-order valence-electron chi connectivity index (χ2n) is 5.39. The molecule has 3 heterocycles. The summed E-state index contributed by atoms with van der Waals surface area (Å²) in [4.78, 5) is 30.8. The van der Waals surface area contributed by atoms with Crippen LogP contribution in [0.15, 0.2) is 24.7 Å². The molecular formula is C15H19N7O.